The lowest BCUT2D eigenvalue weighted by Gasteiger charge is -2.18. The molecule has 1 rings (SSSR count). The fourth-order valence-electron chi connectivity index (χ4n) is 1.56. The van der Waals surface area contributed by atoms with Crippen LogP contribution in [0, 0.1) is 12.3 Å². The second-order valence-corrected chi connectivity index (χ2v) is 6.31. The van der Waals surface area contributed by atoms with Gasteiger partial charge in [-0.05, 0) is 32.9 Å². The van der Waals surface area contributed by atoms with Crippen molar-refractivity contribution in [3.63, 3.8) is 0 Å². The van der Waals surface area contributed by atoms with Crippen LogP contribution >= 0.6 is 15.9 Å². The van der Waals surface area contributed by atoms with E-state index in [9.17, 15) is 4.79 Å². The Morgan fingerprint density at radius 2 is 2.17 bits per heavy atom. The second kappa shape index (κ2) is 8.44. The fraction of sp³-hybridized carbons (Fsp3) is 0.375. The number of methoxy groups -OCH3 is 1. The van der Waals surface area contributed by atoms with Crippen LogP contribution in [-0.4, -0.2) is 31.6 Å². The zero-order valence-electron chi connectivity index (χ0n) is 13.5. The van der Waals surface area contributed by atoms with Crippen LogP contribution in [0.3, 0.4) is 0 Å². The van der Waals surface area contributed by atoms with Crippen molar-refractivity contribution < 1.29 is 19.0 Å². The maximum Gasteiger partial charge on any atom is 0.428 e. The summed E-state index contributed by atoms with van der Waals surface area (Å²) in [5, 5.41) is 3.85. The Hall–Kier alpha value is -2.20. The van der Waals surface area contributed by atoms with Crippen molar-refractivity contribution in [1.29, 1.82) is 0 Å². The third-order valence-corrected chi connectivity index (χ3v) is 2.78. The number of carbonyl (C=O) groups is 1. The monoisotopic (exact) mass is 382 g/mol. The van der Waals surface area contributed by atoms with Crippen molar-refractivity contribution in [1.82, 2.24) is 5.43 Å². The Labute approximate surface area is 144 Å². The fourth-order valence-corrected chi connectivity index (χ4v) is 2.01. The van der Waals surface area contributed by atoms with E-state index in [0.29, 0.717) is 17.1 Å². The molecule has 0 bridgehead atoms. The smallest absolute Gasteiger partial charge is 0.428 e. The number of nitrogens with zero attached hydrogens (tertiary/aromatic N) is 1. The van der Waals surface area contributed by atoms with Crippen LogP contribution in [0.4, 0.5) is 4.79 Å². The molecular weight excluding hydrogens is 364 g/mol. The number of benzene rings is 1. The van der Waals surface area contributed by atoms with Crippen molar-refractivity contribution in [2.75, 3.05) is 13.7 Å². The normalized spacial score (nSPS) is 11.0. The van der Waals surface area contributed by atoms with E-state index in [2.05, 4.69) is 32.4 Å². The van der Waals surface area contributed by atoms with Crippen molar-refractivity contribution in [2.24, 2.45) is 5.10 Å². The third kappa shape index (κ3) is 6.61. The topological polar surface area (TPSA) is 69.2 Å². The van der Waals surface area contributed by atoms with Gasteiger partial charge in [-0.15, -0.1) is 6.42 Å². The summed E-state index contributed by atoms with van der Waals surface area (Å²) in [7, 11) is 1.52. The van der Waals surface area contributed by atoms with Crippen LogP contribution in [0.2, 0.25) is 0 Å². The highest BCUT2D eigenvalue weighted by molar-refractivity contribution is 9.10. The summed E-state index contributed by atoms with van der Waals surface area (Å²) in [5.41, 5.74) is 2.27. The maximum absolute atomic E-state index is 11.6. The summed E-state index contributed by atoms with van der Waals surface area (Å²) in [6.07, 6.45) is 5.98. The molecule has 0 heterocycles. The minimum atomic E-state index is -0.651. The summed E-state index contributed by atoms with van der Waals surface area (Å²) in [6, 6.07) is 3.50. The first-order valence-electron chi connectivity index (χ1n) is 6.72. The number of terminal acetylenes is 1. The molecule has 1 aromatic carbocycles. The van der Waals surface area contributed by atoms with Gasteiger partial charge < -0.3 is 14.2 Å². The van der Waals surface area contributed by atoms with Crippen LogP contribution in [-0.2, 0) is 4.74 Å². The van der Waals surface area contributed by atoms with Gasteiger partial charge in [-0.1, -0.05) is 21.9 Å². The lowest BCUT2D eigenvalue weighted by Crippen LogP contribution is -2.29. The van der Waals surface area contributed by atoms with Gasteiger partial charge in [-0.3, -0.25) is 0 Å². The molecule has 0 aliphatic carbocycles. The Morgan fingerprint density at radius 1 is 1.48 bits per heavy atom. The molecule has 0 aliphatic rings. The molecule has 0 unspecified atom stereocenters. The van der Waals surface area contributed by atoms with Crippen molar-refractivity contribution in [3.8, 4) is 23.8 Å². The first-order valence-corrected chi connectivity index (χ1v) is 7.52. The predicted octanol–water partition coefficient (Wildman–Crippen LogP) is 3.33. The van der Waals surface area contributed by atoms with E-state index >= 15 is 0 Å². The van der Waals surface area contributed by atoms with E-state index in [1.807, 2.05) is 0 Å². The van der Waals surface area contributed by atoms with Crippen LogP contribution in [0.5, 0.6) is 11.5 Å². The zero-order valence-corrected chi connectivity index (χ0v) is 15.1. The van der Waals surface area contributed by atoms with E-state index in [1.165, 1.54) is 13.3 Å². The summed E-state index contributed by atoms with van der Waals surface area (Å²) >= 11 is 3.37. The number of hydrogen-bond acceptors (Lipinski definition) is 5. The van der Waals surface area contributed by atoms with Gasteiger partial charge in [0.1, 0.15) is 12.2 Å². The van der Waals surface area contributed by atoms with Gasteiger partial charge in [0.15, 0.2) is 11.5 Å². The minimum absolute atomic E-state index is 0.0817. The zero-order chi connectivity index (χ0) is 17.5. The number of ether oxygens (including phenoxy) is 3. The van der Waals surface area contributed by atoms with Gasteiger partial charge in [0.05, 0.1) is 13.3 Å². The Morgan fingerprint density at radius 3 is 2.74 bits per heavy atom. The van der Waals surface area contributed by atoms with Crippen LogP contribution in [0.15, 0.2) is 21.7 Å². The van der Waals surface area contributed by atoms with E-state index in [4.69, 9.17) is 20.6 Å². The number of hydrogen-bond donors (Lipinski definition) is 1. The summed E-state index contributed by atoms with van der Waals surface area (Å²) in [5.74, 6) is 3.31. The average Bonchev–Trinajstić information content (AvgIpc) is 2.43. The minimum Gasteiger partial charge on any atom is -0.493 e. The standard InChI is InChI=1S/C16H19BrN2O4/c1-6-7-22-14-11(8-12(17)9-13(14)21-5)10-18-19-15(20)23-16(2,3)4/h1,8-10H,7H2,2-5H3,(H,19,20)/b18-10-. The van der Waals surface area contributed by atoms with Crippen LogP contribution in [0.25, 0.3) is 0 Å². The van der Waals surface area contributed by atoms with E-state index in [-0.39, 0.29) is 6.61 Å². The number of halogens is 1. The van der Waals surface area contributed by atoms with Gasteiger partial charge in [-0.25, -0.2) is 10.2 Å². The number of amides is 1. The summed E-state index contributed by atoms with van der Waals surface area (Å²) in [4.78, 5) is 11.6. The highest BCUT2D eigenvalue weighted by Crippen LogP contribution is 2.33. The molecule has 1 amide bonds. The molecule has 23 heavy (non-hydrogen) atoms. The number of rotatable bonds is 5. The van der Waals surface area contributed by atoms with Crippen molar-refractivity contribution >= 4 is 28.2 Å². The molecule has 6 nitrogen and oxygen atoms in total. The molecular formula is C16H19BrN2O4. The van der Waals surface area contributed by atoms with Crippen molar-refractivity contribution in [3.05, 3.63) is 22.2 Å². The molecule has 1 N–H and O–H groups in total. The Bertz CT molecular complexity index is 630. The molecule has 0 spiro atoms. The van der Waals surface area contributed by atoms with E-state index in [1.54, 1.807) is 32.9 Å². The van der Waals surface area contributed by atoms with Gasteiger partial charge in [0.2, 0.25) is 0 Å². The molecule has 0 atom stereocenters. The lowest BCUT2D eigenvalue weighted by molar-refractivity contribution is 0.0529. The second-order valence-electron chi connectivity index (χ2n) is 5.39. The van der Waals surface area contributed by atoms with Crippen LogP contribution in [0.1, 0.15) is 26.3 Å². The number of hydrazone groups is 1. The molecule has 0 saturated heterocycles. The van der Waals surface area contributed by atoms with E-state index < -0.39 is 11.7 Å². The SMILES string of the molecule is C#CCOc1c(/C=N\NC(=O)OC(C)(C)C)cc(Br)cc1OC. The Kier molecular flexibility index (Phi) is 6.91. The Balaban J connectivity index is 2.93. The highest BCUT2D eigenvalue weighted by atomic mass is 79.9. The molecule has 124 valence electrons. The van der Waals surface area contributed by atoms with Crippen molar-refractivity contribution in [2.45, 2.75) is 26.4 Å². The molecule has 0 aromatic heterocycles. The van der Waals surface area contributed by atoms with Crippen LogP contribution < -0.4 is 14.9 Å². The molecule has 0 fully saturated rings. The third-order valence-electron chi connectivity index (χ3n) is 2.33. The van der Waals surface area contributed by atoms with E-state index in [0.717, 1.165) is 4.47 Å². The van der Waals surface area contributed by atoms with Gasteiger partial charge >= 0.3 is 6.09 Å². The molecule has 0 saturated carbocycles. The number of carbonyl (C=O) groups excluding carboxylic acids is 1. The quantitative estimate of drug-likeness (QED) is 0.481. The summed E-state index contributed by atoms with van der Waals surface area (Å²) in [6.45, 7) is 5.38. The van der Waals surface area contributed by atoms with Gasteiger partial charge in [-0.2, -0.15) is 5.10 Å². The average molecular weight is 383 g/mol. The molecule has 7 heteroatoms. The van der Waals surface area contributed by atoms with Gasteiger partial charge in [0.25, 0.3) is 0 Å². The first-order chi connectivity index (χ1) is 10.8. The molecule has 1 aromatic rings. The molecule has 0 aliphatic heterocycles. The van der Waals surface area contributed by atoms with Gasteiger partial charge in [0, 0.05) is 10.0 Å². The summed E-state index contributed by atoms with van der Waals surface area (Å²) < 4.78 is 16.6. The molecule has 0 radical (unpaired) electrons. The first kappa shape index (κ1) is 18.8. The highest BCUT2D eigenvalue weighted by Gasteiger charge is 2.16. The number of nitrogens with one attached hydrogen (secondary N) is 1. The largest absolute Gasteiger partial charge is 0.493 e. The predicted molar refractivity (Wildman–Crippen MR) is 92.0 cm³/mol. The lowest BCUT2D eigenvalue weighted by atomic mass is 10.2. The maximum atomic E-state index is 11.6.